The molecule has 1 nitrogen and oxygen atoms in total. The van der Waals surface area contributed by atoms with Crippen LogP contribution < -0.4 is 0 Å². The van der Waals surface area contributed by atoms with Gasteiger partial charge >= 0.3 is 0 Å². The summed E-state index contributed by atoms with van der Waals surface area (Å²) in [4.78, 5) is 0. The molecule has 0 aromatic heterocycles. The van der Waals surface area contributed by atoms with Crippen molar-refractivity contribution in [3.05, 3.63) is 0 Å². The first-order chi connectivity index (χ1) is 3.79. The quantitative estimate of drug-likeness (QED) is 0.407. The van der Waals surface area contributed by atoms with E-state index in [0.717, 1.165) is 5.75 Å². The van der Waals surface area contributed by atoms with Crippen LogP contribution in [-0.2, 0) is 9.24 Å². The van der Waals surface area contributed by atoms with Crippen molar-refractivity contribution in [2.24, 2.45) is 0 Å². The molecule has 0 aromatic rings. The first kappa shape index (κ1) is 7.12. The summed E-state index contributed by atoms with van der Waals surface area (Å²) in [6.45, 7) is 2.13. The van der Waals surface area contributed by atoms with Crippen LogP contribution in [0.3, 0.4) is 0 Å². The fourth-order valence-corrected chi connectivity index (χ4v) is 6.04. The molecule has 1 fully saturated rings. The van der Waals surface area contributed by atoms with E-state index >= 15 is 0 Å². The van der Waals surface area contributed by atoms with E-state index in [1.165, 1.54) is 6.42 Å². The molecular weight excluding hydrogens is 160 g/mol. The van der Waals surface area contributed by atoms with E-state index in [1.54, 1.807) is 21.6 Å². The molecule has 0 saturated carbocycles. The van der Waals surface area contributed by atoms with Crippen LogP contribution in [0, 0.1) is 0 Å². The molecule has 0 spiro atoms. The van der Waals surface area contributed by atoms with E-state index in [1.807, 2.05) is 0 Å². The summed E-state index contributed by atoms with van der Waals surface area (Å²) in [5.74, 6) is 1.07. The summed E-state index contributed by atoms with van der Waals surface area (Å²) in [6, 6.07) is 0. The molecule has 1 saturated heterocycles. The summed E-state index contributed by atoms with van der Waals surface area (Å²) < 4.78 is 10.7. The Hall–Kier alpha value is 1.01. The molecule has 0 N–H and O–H groups in total. The predicted molar refractivity (Wildman–Crippen MR) is 42.3 cm³/mol. The lowest BCUT2D eigenvalue weighted by Crippen LogP contribution is -2.08. The lowest BCUT2D eigenvalue weighted by molar-refractivity contribution is 0.621. The molecule has 0 aromatic carbocycles. The minimum atomic E-state index is -0.637. The van der Waals surface area contributed by atoms with Gasteiger partial charge in [-0.2, -0.15) is 0 Å². The molecule has 2 unspecified atom stereocenters. The van der Waals surface area contributed by atoms with E-state index in [0.29, 0.717) is 5.25 Å². The lowest BCUT2D eigenvalue weighted by atomic mass is 10.4. The van der Waals surface area contributed by atoms with Crippen LogP contribution in [0.15, 0.2) is 0 Å². The standard InChI is InChI=1S/C4H8OS3/c1-4-2-3-6-8(5)7-4/h4H,2-3H2,1H3. The molecule has 0 bridgehead atoms. The van der Waals surface area contributed by atoms with Gasteiger partial charge in [-0.1, -0.05) is 0 Å². The van der Waals surface area contributed by atoms with Gasteiger partial charge in [-0.15, -0.1) is 0 Å². The highest BCUT2D eigenvalue weighted by molar-refractivity contribution is 9.05. The summed E-state index contributed by atoms with van der Waals surface area (Å²) in [7, 11) is 2.50. The first-order valence-corrected chi connectivity index (χ1v) is 6.56. The van der Waals surface area contributed by atoms with Gasteiger partial charge in [-0.05, 0) is 13.3 Å². The Balaban J connectivity index is 2.23. The molecule has 0 aliphatic carbocycles. The summed E-state index contributed by atoms with van der Waals surface area (Å²) in [5.41, 5.74) is 0. The maximum Gasteiger partial charge on any atom is 0.107 e. The van der Waals surface area contributed by atoms with Crippen molar-refractivity contribution in [3.8, 4) is 0 Å². The molecule has 1 aliphatic heterocycles. The van der Waals surface area contributed by atoms with Crippen LogP contribution in [0.25, 0.3) is 0 Å². The largest absolute Gasteiger partial charge is 0.594 e. The third kappa shape index (κ3) is 2.09. The number of hydrogen-bond acceptors (Lipinski definition) is 3. The van der Waals surface area contributed by atoms with Crippen molar-refractivity contribution in [2.75, 3.05) is 5.75 Å². The topological polar surface area (TPSA) is 23.1 Å². The third-order valence-corrected chi connectivity index (χ3v) is 6.37. The maximum absolute atomic E-state index is 10.7. The van der Waals surface area contributed by atoms with Crippen LogP contribution in [0.4, 0.5) is 0 Å². The normalized spacial score (nSPS) is 39.8. The average molecular weight is 168 g/mol. The molecule has 0 amide bonds. The Labute approximate surface area is 60.0 Å². The zero-order valence-corrected chi connectivity index (χ0v) is 7.07. The second-order valence-corrected chi connectivity index (χ2v) is 7.50. The van der Waals surface area contributed by atoms with E-state index in [4.69, 9.17) is 0 Å². The van der Waals surface area contributed by atoms with E-state index in [2.05, 4.69) is 6.92 Å². The molecule has 2 atom stereocenters. The molecule has 4 heteroatoms. The Morgan fingerprint density at radius 1 is 1.75 bits per heavy atom. The zero-order valence-electron chi connectivity index (χ0n) is 4.62. The smallest absolute Gasteiger partial charge is 0.107 e. The lowest BCUT2D eigenvalue weighted by Gasteiger charge is -2.15. The van der Waals surface area contributed by atoms with E-state index in [9.17, 15) is 4.55 Å². The molecule has 48 valence electrons. The molecule has 1 rings (SSSR count). The monoisotopic (exact) mass is 168 g/mol. The summed E-state index contributed by atoms with van der Waals surface area (Å²) in [5, 5.41) is 0.608. The SMILES string of the molecule is CC1CCS[S+]([O-])S1. The van der Waals surface area contributed by atoms with Gasteiger partial charge in [0.25, 0.3) is 0 Å². The third-order valence-electron chi connectivity index (χ3n) is 0.947. The van der Waals surface area contributed by atoms with Crippen molar-refractivity contribution in [1.29, 1.82) is 0 Å². The van der Waals surface area contributed by atoms with Crippen LogP contribution in [0.2, 0.25) is 0 Å². The van der Waals surface area contributed by atoms with E-state index in [-0.39, 0.29) is 0 Å². The van der Waals surface area contributed by atoms with Crippen molar-refractivity contribution in [2.45, 2.75) is 18.6 Å². The Kier molecular flexibility index (Phi) is 2.89. The van der Waals surface area contributed by atoms with Crippen LogP contribution in [0.1, 0.15) is 13.3 Å². The van der Waals surface area contributed by atoms with Gasteiger partial charge in [0, 0.05) is 5.75 Å². The van der Waals surface area contributed by atoms with Crippen molar-refractivity contribution in [1.82, 2.24) is 0 Å². The molecule has 1 aliphatic rings. The van der Waals surface area contributed by atoms with Gasteiger partial charge in [-0.3, -0.25) is 0 Å². The molecule has 1 heterocycles. The highest BCUT2D eigenvalue weighted by Crippen LogP contribution is 2.37. The maximum atomic E-state index is 10.7. The van der Waals surface area contributed by atoms with Gasteiger partial charge < -0.3 is 4.55 Å². The summed E-state index contributed by atoms with van der Waals surface area (Å²) >= 11 is 0. The van der Waals surface area contributed by atoms with Crippen molar-refractivity contribution in [3.63, 3.8) is 0 Å². The molecular formula is C4H8OS3. The highest BCUT2D eigenvalue weighted by Gasteiger charge is 2.22. The second kappa shape index (κ2) is 3.25. The van der Waals surface area contributed by atoms with Crippen molar-refractivity contribution < 1.29 is 4.55 Å². The van der Waals surface area contributed by atoms with E-state index < -0.39 is 9.24 Å². The second-order valence-electron chi connectivity index (χ2n) is 1.72. The van der Waals surface area contributed by atoms with Gasteiger partial charge in [0.15, 0.2) is 0 Å². The van der Waals surface area contributed by atoms with Crippen LogP contribution >= 0.6 is 21.6 Å². The minimum Gasteiger partial charge on any atom is -0.594 e. The van der Waals surface area contributed by atoms with Crippen LogP contribution in [0.5, 0.6) is 0 Å². The zero-order chi connectivity index (χ0) is 5.98. The highest BCUT2D eigenvalue weighted by atomic mass is 33.5. The molecule has 0 radical (unpaired) electrons. The fourth-order valence-electron chi connectivity index (χ4n) is 0.492. The predicted octanol–water partition coefficient (Wildman–Crippen LogP) is 1.82. The van der Waals surface area contributed by atoms with Gasteiger partial charge in [0.05, 0.1) is 14.5 Å². The van der Waals surface area contributed by atoms with Gasteiger partial charge in [-0.25, -0.2) is 0 Å². The molecule has 8 heavy (non-hydrogen) atoms. The van der Waals surface area contributed by atoms with Crippen LogP contribution in [-0.4, -0.2) is 15.6 Å². The van der Waals surface area contributed by atoms with Crippen molar-refractivity contribution >= 4 is 30.8 Å². The number of hydrogen-bond donors (Lipinski definition) is 0. The minimum absolute atomic E-state index is 0.608. The number of rotatable bonds is 0. The van der Waals surface area contributed by atoms with Gasteiger partial charge in [0.1, 0.15) is 21.6 Å². The Morgan fingerprint density at radius 2 is 2.50 bits per heavy atom. The average Bonchev–Trinajstić information content (AvgIpc) is 1.64. The van der Waals surface area contributed by atoms with Gasteiger partial charge in [0.2, 0.25) is 0 Å². The fraction of sp³-hybridized carbons (Fsp3) is 1.00. The Morgan fingerprint density at radius 3 is 2.88 bits per heavy atom. The Bertz CT molecular complexity index is 69.7. The summed E-state index contributed by atoms with van der Waals surface area (Å²) in [6.07, 6.45) is 1.21. The first-order valence-electron chi connectivity index (χ1n) is 2.51.